The van der Waals surface area contributed by atoms with Crippen molar-refractivity contribution in [3.05, 3.63) is 54.1 Å². The Morgan fingerprint density at radius 3 is 2.69 bits per heavy atom. The van der Waals surface area contributed by atoms with Gasteiger partial charge in [-0.1, -0.05) is 30.3 Å². The van der Waals surface area contributed by atoms with Gasteiger partial charge in [0.2, 0.25) is 0 Å². The second kappa shape index (κ2) is 4.94. The summed E-state index contributed by atoms with van der Waals surface area (Å²) in [5, 5.41) is 3.48. The Morgan fingerprint density at radius 2 is 2.06 bits per heavy atom. The number of nitrogens with one attached hydrogen (secondary N) is 1. The highest BCUT2D eigenvalue weighted by Crippen LogP contribution is 2.11. The number of imidazole rings is 1. The highest BCUT2D eigenvalue weighted by molar-refractivity contribution is 5.18. The summed E-state index contributed by atoms with van der Waals surface area (Å²) in [7, 11) is 2.01. The minimum atomic E-state index is 0.358. The first-order valence-electron chi connectivity index (χ1n) is 5.51. The molecule has 0 saturated heterocycles. The molecule has 0 saturated carbocycles. The molecular formula is C13H17N3. The Bertz CT molecular complexity index is 433. The van der Waals surface area contributed by atoms with Crippen molar-refractivity contribution in [1.29, 1.82) is 0 Å². The fourth-order valence-corrected chi connectivity index (χ4v) is 1.67. The number of nitrogens with zero attached hydrogens (tertiary/aromatic N) is 2. The first-order valence-corrected chi connectivity index (χ1v) is 5.51. The lowest BCUT2D eigenvalue weighted by molar-refractivity contribution is 0.558. The van der Waals surface area contributed by atoms with Gasteiger partial charge in [-0.25, -0.2) is 4.98 Å². The summed E-state index contributed by atoms with van der Waals surface area (Å²) in [5.41, 5.74) is 2.51. The Kier molecular flexibility index (Phi) is 3.37. The van der Waals surface area contributed by atoms with E-state index in [4.69, 9.17) is 0 Å². The van der Waals surface area contributed by atoms with Crippen molar-refractivity contribution in [2.75, 3.05) is 0 Å². The summed E-state index contributed by atoms with van der Waals surface area (Å²) in [6, 6.07) is 10.8. The van der Waals surface area contributed by atoms with E-state index in [2.05, 4.69) is 41.5 Å². The minimum absolute atomic E-state index is 0.358. The van der Waals surface area contributed by atoms with Crippen LogP contribution in [0.2, 0.25) is 0 Å². The first-order chi connectivity index (χ1) is 7.77. The third-order valence-electron chi connectivity index (χ3n) is 2.81. The van der Waals surface area contributed by atoms with Gasteiger partial charge in [-0.15, -0.1) is 0 Å². The van der Waals surface area contributed by atoms with Gasteiger partial charge in [0.25, 0.3) is 0 Å². The molecule has 3 nitrogen and oxygen atoms in total. The Hall–Kier alpha value is -1.61. The second-order valence-corrected chi connectivity index (χ2v) is 4.01. The van der Waals surface area contributed by atoms with E-state index >= 15 is 0 Å². The van der Waals surface area contributed by atoms with Crippen LogP contribution in [-0.4, -0.2) is 9.55 Å². The van der Waals surface area contributed by atoms with Crippen molar-refractivity contribution in [2.24, 2.45) is 7.05 Å². The molecule has 1 aromatic heterocycles. The fraction of sp³-hybridized carbons (Fsp3) is 0.308. The van der Waals surface area contributed by atoms with Gasteiger partial charge in [0.05, 0.1) is 12.0 Å². The van der Waals surface area contributed by atoms with Gasteiger partial charge in [0.15, 0.2) is 0 Å². The van der Waals surface area contributed by atoms with Crippen molar-refractivity contribution in [1.82, 2.24) is 14.9 Å². The molecule has 1 heterocycles. The molecule has 16 heavy (non-hydrogen) atoms. The lowest BCUT2D eigenvalue weighted by Gasteiger charge is -2.14. The third-order valence-corrected chi connectivity index (χ3v) is 2.81. The topological polar surface area (TPSA) is 29.9 Å². The van der Waals surface area contributed by atoms with E-state index in [9.17, 15) is 0 Å². The molecule has 0 radical (unpaired) electrons. The maximum atomic E-state index is 4.10. The molecule has 84 valence electrons. The van der Waals surface area contributed by atoms with Crippen LogP contribution in [-0.2, 0) is 13.6 Å². The van der Waals surface area contributed by atoms with Crippen LogP contribution < -0.4 is 5.32 Å². The minimum Gasteiger partial charge on any atom is -0.337 e. The number of rotatable bonds is 4. The van der Waals surface area contributed by atoms with Crippen LogP contribution in [0, 0.1) is 0 Å². The molecule has 0 amide bonds. The Labute approximate surface area is 96.1 Å². The van der Waals surface area contributed by atoms with Crippen LogP contribution >= 0.6 is 0 Å². The predicted molar refractivity (Wildman–Crippen MR) is 64.9 cm³/mol. The predicted octanol–water partition coefficient (Wildman–Crippen LogP) is 2.27. The summed E-state index contributed by atoms with van der Waals surface area (Å²) in [6.07, 6.45) is 3.72. The molecule has 0 fully saturated rings. The van der Waals surface area contributed by atoms with E-state index in [1.165, 1.54) is 11.3 Å². The summed E-state index contributed by atoms with van der Waals surface area (Å²) in [5.74, 6) is 0. The van der Waals surface area contributed by atoms with Crippen LogP contribution in [0.4, 0.5) is 0 Å². The van der Waals surface area contributed by atoms with Crippen molar-refractivity contribution in [2.45, 2.75) is 19.5 Å². The van der Waals surface area contributed by atoms with E-state index in [0.717, 1.165) is 6.54 Å². The van der Waals surface area contributed by atoms with Gasteiger partial charge in [-0.05, 0) is 12.5 Å². The van der Waals surface area contributed by atoms with Gasteiger partial charge in [-0.2, -0.15) is 0 Å². The zero-order valence-corrected chi connectivity index (χ0v) is 9.72. The van der Waals surface area contributed by atoms with Gasteiger partial charge >= 0.3 is 0 Å². The number of hydrogen-bond donors (Lipinski definition) is 1. The molecule has 3 heteroatoms. The van der Waals surface area contributed by atoms with E-state index in [0.29, 0.717) is 6.04 Å². The van der Waals surface area contributed by atoms with Crippen LogP contribution in [0.15, 0.2) is 42.9 Å². The van der Waals surface area contributed by atoms with Crippen molar-refractivity contribution in [3.63, 3.8) is 0 Å². The lowest BCUT2D eigenvalue weighted by Crippen LogP contribution is -2.19. The van der Waals surface area contributed by atoms with Crippen LogP contribution in [0.1, 0.15) is 24.2 Å². The molecule has 0 aliphatic heterocycles. The SMILES string of the molecule is C[C@H](NCc1cncn1C)c1ccccc1. The molecule has 0 aliphatic rings. The summed E-state index contributed by atoms with van der Waals surface area (Å²) >= 11 is 0. The van der Waals surface area contributed by atoms with Gasteiger partial charge in [-0.3, -0.25) is 0 Å². The highest BCUT2D eigenvalue weighted by Gasteiger charge is 2.05. The zero-order chi connectivity index (χ0) is 11.4. The van der Waals surface area contributed by atoms with Crippen LogP contribution in [0.5, 0.6) is 0 Å². The Morgan fingerprint density at radius 1 is 1.31 bits per heavy atom. The Balaban J connectivity index is 1.94. The molecule has 0 unspecified atom stereocenters. The van der Waals surface area contributed by atoms with Crippen LogP contribution in [0.3, 0.4) is 0 Å². The van der Waals surface area contributed by atoms with Crippen molar-refractivity contribution in [3.8, 4) is 0 Å². The third kappa shape index (κ3) is 2.49. The van der Waals surface area contributed by atoms with Crippen molar-refractivity contribution >= 4 is 0 Å². The van der Waals surface area contributed by atoms with E-state index in [1.54, 1.807) is 0 Å². The summed E-state index contributed by atoms with van der Waals surface area (Å²) in [6.45, 7) is 3.01. The molecule has 0 bridgehead atoms. The number of aryl methyl sites for hydroxylation is 1. The molecule has 2 rings (SSSR count). The lowest BCUT2D eigenvalue weighted by atomic mass is 10.1. The zero-order valence-electron chi connectivity index (χ0n) is 9.72. The van der Waals surface area contributed by atoms with E-state index in [1.807, 2.05) is 30.2 Å². The van der Waals surface area contributed by atoms with Gasteiger partial charge < -0.3 is 9.88 Å². The average molecular weight is 215 g/mol. The fourth-order valence-electron chi connectivity index (χ4n) is 1.67. The maximum Gasteiger partial charge on any atom is 0.0945 e. The smallest absolute Gasteiger partial charge is 0.0945 e. The molecule has 0 spiro atoms. The number of aromatic nitrogens is 2. The first kappa shape index (κ1) is 10.9. The summed E-state index contributed by atoms with van der Waals surface area (Å²) < 4.78 is 2.03. The maximum absolute atomic E-state index is 4.10. The number of benzene rings is 1. The second-order valence-electron chi connectivity index (χ2n) is 4.01. The van der Waals surface area contributed by atoms with E-state index < -0.39 is 0 Å². The van der Waals surface area contributed by atoms with Crippen LogP contribution in [0.25, 0.3) is 0 Å². The van der Waals surface area contributed by atoms with E-state index in [-0.39, 0.29) is 0 Å². The largest absolute Gasteiger partial charge is 0.337 e. The average Bonchev–Trinajstić information content (AvgIpc) is 2.73. The summed E-state index contributed by atoms with van der Waals surface area (Å²) in [4.78, 5) is 4.10. The highest BCUT2D eigenvalue weighted by atomic mass is 15.0. The van der Waals surface area contributed by atoms with Crippen molar-refractivity contribution < 1.29 is 0 Å². The quantitative estimate of drug-likeness (QED) is 0.848. The molecule has 1 N–H and O–H groups in total. The monoisotopic (exact) mass is 215 g/mol. The van der Waals surface area contributed by atoms with Gasteiger partial charge in [0, 0.05) is 25.8 Å². The molecular weight excluding hydrogens is 198 g/mol. The molecule has 0 aliphatic carbocycles. The standard InChI is InChI=1S/C13H17N3/c1-11(12-6-4-3-5-7-12)15-9-13-8-14-10-16(13)2/h3-8,10-11,15H,9H2,1-2H3/t11-/m0/s1. The molecule has 2 aromatic rings. The molecule has 1 atom stereocenters. The van der Waals surface area contributed by atoms with Gasteiger partial charge in [0.1, 0.15) is 0 Å². The molecule has 1 aromatic carbocycles. The number of hydrogen-bond acceptors (Lipinski definition) is 2. The normalized spacial score (nSPS) is 12.6.